The highest BCUT2D eigenvalue weighted by Crippen LogP contribution is 2.34. The van der Waals surface area contributed by atoms with Gasteiger partial charge in [-0.25, -0.2) is 0 Å². The van der Waals surface area contributed by atoms with Crippen molar-refractivity contribution in [3.8, 4) is 11.5 Å². The summed E-state index contributed by atoms with van der Waals surface area (Å²) in [7, 11) is 5.92. The summed E-state index contributed by atoms with van der Waals surface area (Å²) < 4.78 is 15.6. The average Bonchev–Trinajstić information content (AvgIpc) is 2.50. The number of hydrogen-bond acceptors (Lipinski definition) is 5. The van der Waals surface area contributed by atoms with E-state index in [0.29, 0.717) is 21.5 Å². The molecular weight excluding hydrogens is 342 g/mol. The molecule has 1 amide bonds. The number of carbonyl (C=O) groups is 2. The van der Waals surface area contributed by atoms with Crippen molar-refractivity contribution in [2.24, 2.45) is 0 Å². The van der Waals surface area contributed by atoms with Crippen molar-refractivity contribution in [3.05, 3.63) is 22.2 Å². The van der Waals surface area contributed by atoms with E-state index in [1.165, 1.54) is 26.2 Å². The lowest BCUT2D eigenvalue weighted by atomic mass is 10.1. The molecule has 1 aromatic carbocycles. The predicted molar refractivity (Wildman–Crippen MR) is 80.8 cm³/mol. The quantitative estimate of drug-likeness (QED) is 0.727. The van der Waals surface area contributed by atoms with Crippen LogP contribution in [-0.2, 0) is 9.53 Å². The van der Waals surface area contributed by atoms with Crippen molar-refractivity contribution < 1.29 is 23.8 Å². The monoisotopic (exact) mass is 359 g/mol. The summed E-state index contributed by atoms with van der Waals surface area (Å²) in [6.45, 7) is 0.253. The van der Waals surface area contributed by atoms with Crippen molar-refractivity contribution >= 4 is 27.8 Å². The number of amides is 1. The minimum Gasteiger partial charge on any atom is -0.497 e. The summed E-state index contributed by atoms with van der Waals surface area (Å²) in [5.74, 6) is 0.321. The minimum atomic E-state index is -0.367. The van der Waals surface area contributed by atoms with E-state index in [-0.39, 0.29) is 24.8 Å². The Morgan fingerprint density at radius 3 is 2.38 bits per heavy atom. The number of methoxy groups -OCH3 is 3. The van der Waals surface area contributed by atoms with E-state index in [9.17, 15) is 9.59 Å². The molecule has 0 fully saturated rings. The Labute approximate surface area is 132 Å². The van der Waals surface area contributed by atoms with Gasteiger partial charge in [-0.1, -0.05) is 0 Å². The molecule has 0 atom stereocenters. The van der Waals surface area contributed by atoms with Gasteiger partial charge in [-0.05, 0) is 28.1 Å². The molecule has 0 heterocycles. The van der Waals surface area contributed by atoms with Crippen LogP contribution in [0.15, 0.2) is 16.6 Å². The maximum absolute atomic E-state index is 12.5. The van der Waals surface area contributed by atoms with Gasteiger partial charge in [0.15, 0.2) is 0 Å². The Balaban J connectivity index is 2.99. The molecular formula is C14H18BrNO5. The molecule has 116 valence electrons. The van der Waals surface area contributed by atoms with Crippen molar-refractivity contribution in [2.75, 3.05) is 34.9 Å². The fourth-order valence-corrected chi connectivity index (χ4v) is 2.32. The lowest BCUT2D eigenvalue weighted by Crippen LogP contribution is -2.29. The highest BCUT2D eigenvalue weighted by Gasteiger charge is 2.21. The van der Waals surface area contributed by atoms with Gasteiger partial charge in [0.25, 0.3) is 5.91 Å². The zero-order valence-corrected chi connectivity index (χ0v) is 14.0. The predicted octanol–water partition coefficient (Wildman–Crippen LogP) is 2.10. The van der Waals surface area contributed by atoms with Gasteiger partial charge in [-0.2, -0.15) is 0 Å². The zero-order chi connectivity index (χ0) is 16.0. The van der Waals surface area contributed by atoms with Crippen LogP contribution in [0.1, 0.15) is 16.8 Å². The van der Waals surface area contributed by atoms with Crippen molar-refractivity contribution in [1.29, 1.82) is 0 Å². The molecule has 1 rings (SSSR count). The maximum Gasteiger partial charge on any atom is 0.307 e. The molecule has 0 aliphatic rings. The van der Waals surface area contributed by atoms with Gasteiger partial charge in [0.1, 0.15) is 11.5 Å². The molecule has 0 spiro atoms. The number of halogens is 1. The van der Waals surface area contributed by atoms with E-state index >= 15 is 0 Å². The maximum atomic E-state index is 12.5. The van der Waals surface area contributed by atoms with Crippen LogP contribution in [0.3, 0.4) is 0 Å². The van der Waals surface area contributed by atoms with E-state index < -0.39 is 0 Å². The van der Waals surface area contributed by atoms with Crippen LogP contribution < -0.4 is 9.47 Å². The number of hydrogen-bond donors (Lipinski definition) is 0. The summed E-state index contributed by atoms with van der Waals surface area (Å²) >= 11 is 3.34. The first-order valence-electron chi connectivity index (χ1n) is 6.18. The van der Waals surface area contributed by atoms with Gasteiger partial charge in [-0.3, -0.25) is 9.59 Å². The van der Waals surface area contributed by atoms with Crippen LogP contribution in [0.25, 0.3) is 0 Å². The third-order valence-electron chi connectivity index (χ3n) is 2.91. The lowest BCUT2D eigenvalue weighted by molar-refractivity contribution is -0.140. The Kier molecular flexibility index (Phi) is 6.48. The second-order valence-electron chi connectivity index (χ2n) is 4.24. The van der Waals surface area contributed by atoms with Gasteiger partial charge in [0, 0.05) is 13.6 Å². The molecule has 0 aromatic heterocycles. The second kappa shape index (κ2) is 7.87. The minimum absolute atomic E-state index is 0.131. The third-order valence-corrected chi connectivity index (χ3v) is 3.50. The third kappa shape index (κ3) is 4.35. The molecule has 0 saturated carbocycles. The molecule has 7 heteroatoms. The molecule has 6 nitrogen and oxygen atoms in total. The number of nitrogens with zero attached hydrogens (tertiary/aromatic N) is 1. The topological polar surface area (TPSA) is 65.1 Å². The van der Waals surface area contributed by atoms with E-state index in [2.05, 4.69) is 20.7 Å². The molecule has 0 saturated heterocycles. The Morgan fingerprint density at radius 1 is 1.19 bits per heavy atom. The Bertz CT molecular complexity index is 532. The lowest BCUT2D eigenvalue weighted by Gasteiger charge is -2.19. The largest absolute Gasteiger partial charge is 0.497 e. The molecule has 21 heavy (non-hydrogen) atoms. The molecule has 0 bridgehead atoms. The van der Waals surface area contributed by atoms with Crippen LogP contribution in [-0.4, -0.2) is 51.7 Å². The summed E-state index contributed by atoms with van der Waals surface area (Å²) in [5.41, 5.74) is 0.357. The van der Waals surface area contributed by atoms with Crippen LogP contribution in [0, 0.1) is 0 Å². The van der Waals surface area contributed by atoms with Crippen LogP contribution in [0.4, 0.5) is 0 Å². The van der Waals surface area contributed by atoms with E-state index in [0.717, 1.165) is 0 Å². The first-order valence-corrected chi connectivity index (χ1v) is 6.97. The van der Waals surface area contributed by atoms with Crippen molar-refractivity contribution in [2.45, 2.75) is 6.42 Å². The summed E-state index contributed by atoms with van der Waals surface area (Å²) in [6.07, 6.45) is 0.131. The van der Waals surface area contributed by atoms with Gasteiger partial charge < -0.3 is 19.1 Å². The van der Waals surface area contributed by atoms with Crippen LogP contribution in [0.2, 0.25) is 0 Å². The fourth-order valence-electron chi connectivity index (χ4n) is 1.72. The molecule has 0 aliphatic carbocycles. The van der Waals surface area contributed by atoms with Crippen molar-refractivity contribution in [1.82, 2.24) is 4.90 Å². The zero-order valence-electron chi connectivity index (χ0n) is 12.4. The molecule has 0 radical (unpaired) electrons. The summed E-state index contributed by atoms with van der Waals surface area (Å²) in [6, 6.07) is 3.31. The molecule has 1 aromatic rings. The van der Waals surface area contributed by atoms with Gasteiger partial charge in [0.05, 0.1) is 37.8 Å². The molecule has 0 unspecified atom stereocenters. The average molecular weight is 360 g/mol. The SMILES string of the molecule is COC(=O)CCN(C)C(=O)c1cc(OC)cc(Br)c1OC. The highest BCUT2D eigenvalue weighted by molar-refractivity contribution is 9.10. The number of rotatable bonds is 6. The summed E-state index contributed by atoms with van der Waals surface area (Å²) in [4.78, 5) is 25.0. The molecule has 0 N–H and O–H groups in total. The smallest absolute Gasteiger partial charge is 0.307 e. The second-order valence-corrected chi connectivity index (χ2v) is 5.10. The van der Waals surface area contributed by atoms with E-state index in [1.807, 2.05) is 0 Å². The standard InChI is InChI=1S/C14H18BrNO5/c1-16(6-5-12(17)20-3)14(18)10-7-9(19-2)8-11(15)13(10)21-4/h7-8H,5-6H2,1-4H3. The van der Waals surface area contributed by atoms with Crippen LogP contribution in [0.5, 0.6) is 11.5 Å². The Morgan fingerprint density at radius 2 is 1.86 bits per heavy atom. The fraction of sp³-hybridized carbons (Fsp3) is 0.429. The van der Waals surface area contributed by atoms with E-state index in [4.69, 9.17) is 9.47 Å². The normalized spacial score (nSPS) is 9.95. The van der Waals surface area contributed by atoms with Gasteiger partial charge in [-0.15, -0.1) is 0 Å². The first kappa shape index (κ1) is 17.3. The highest BCUT2D eigenvalue weighted by atomic mass is 79.9. The van der Waals surface area contributed by atoms with Gasteiger partial charge in [0.2, 0.25) is 0 Å². The van der Waals surface area contributed by atoms with E-state index in [1.54, 1.807) is 19.2 Å². The number of esters is 1. The number of ether oxygens (including phenoxy) is 3. The van der Waals surface area contributed by atoms with Gasteiger partial charge >= 0.3 is 5.97 Å². The number of carbonyl (C=O) groups excluding carboxylic acids is 2. The van der Waals surface area contributed by atoms with Crippen molar-refractivity contribution in [3.63, 3.8) is 0 Å². The van der Waals surface area contributed by atoms with Crippen LogP contribution >= 0.6 is 15.9 Å². The Hall–Kier alpha value is -1.76. The summed E-state index contributed by atoms with van der Waals surface area (Å²) in [5, 5.41) is 0. The number of benzene rings is 1. The first-order chi connectivity index (χ1) is 9.94. The molecule has 0 aliphatic heterocycles.